The van der Waals surface area contributed by atoms with Crippen LogP contribution in [0.25, 0.3) is 11.4 Å². The third kappa shape index (κ3) is 4.66. The lowest BCUT2D eigenvalue weighted by atomic mass is 10.2. The van der Waals surface area contributed by atoms with Gasteiger partial charge in [0.25, 0.3) is 0 Å². The van der Waals surface area contributed by atoms with E-state index in [0.717, 1.165) is 10.2 Å². The van der Waals surface area contributed by atoms with Gasteiger partial charge in [0.2, 0.25) is 5.91 Å². The summed E-state index contributed by atoms with van der Waals surface area (Å²) in [6.45, 7) is 2.57. The van der Waals surface area contributed by atoms with E-state index in [0.29, 0.717) is 28.8 Å². The second kappa shape index (κ2) is 9.11. The Balaban J connectivity index is 1.70. The van der Waals surface area contributed by atoms with Gasteiger partial charge in [0.1, 0.15) is 11.5 Å². The molecule has 0 aliphatic carbocycles. The van der Waals surface area contributed by atoms with Gasteiger partial charge in [0, 0.05) is 16.7 Å². The average Bonchev–Trinajstić information content (AvgIpc) is 3.11. The van der Waals surface area contributed by atoms with Gasteiger partial charge in [-0.05, 0) is 49.4 Å². The molecule has 0 spiro atoms. The SMILES string of the molecule is CCn1c(SCC(=O)Nc2ccc(OC)cc2)nnc1-c1cc(Br)ccc1O. The van der Waals surface area contributed by atoms with E-state index in [9.17, 15) is 9.90 Å². The Morgan fingerprint density at radius 1 is 1.25 bits per heavy atom. The van der Waals surface area contributed by atoms with Crippen molar-refractivity contribution in [2.45, 2.75) is 18.6 Å². The smallest absolute Gasteiger partial charge is 0.234 e. The highest BCUT2D eigenvalue weighted by Crippen LogP contribution is 2.32. The quantitative estimate of drug-likeness (QED) is 0.512. The summed E-state index contributed by atoms with van der Waals surface area (Å²) < 4.78 is 7.80. The van der Waals surface area contributed by atoms with Crippen LogP contribution in [0.1, 0.15) is 6.92 Å². The summed E-state index contributed by atoms with van der Waals surface area (Å²) >= 11 is 4.69. The Bertz CT molecular complexity index is 976. The van der Waals surface area contributed by atoms with E-state index < -0.39 is 0 Å². The van der Waals surface area contributed by atoms with Crippen LogP contribution in [0.4, 0.5) is 5.69 Å². The maximum absolute atomic E-state index is 12.2. The molecule has 1 aromatic heterocycles. The molecule has 2 N–H and O–H groups in total. The number of rotatable bonds is 7. The largest absolute Gasteiger partial charge is 0.507 e. The summed E-state index contributed by atoms with van der Waals surface area (Å²) in [7, 11) is 1.59. The minimum atomic E-state index is -0.146. The zero-order valence-corrected chi connectivity index (χ0v) is 17.7. The van der Waals surface area contributed by atoms with Crippen molar-refractivity contribution >= 4 is 39.3 Å². The molecular formula is C19H19BrN4O3S. The van der Waals surface area contributed by atoms with Crippen molar-refractivity contribution in [2.75, 3.05) is 18.2 Å². The van der Waals surface area contributed by atoms with Crippen LogP contribution >= 0.6 is 27.7 Å². The number of halogens is 1. The summed E-state index contributed by atoms with van der Waals surface area (Å²) in [6.07, 6.45) is 0. The van der Waals surface area contributed by atoms with E-state index in [1.54, 1.807) is 49.6 Å². The van der Waals surface area contributed by atoms with E-state index in [-0.39, 0.29) is 17.4 Å². The Kier molecular flexibility index (Phi) is 6.58. The molecule has 1 heterocycles. The minimum absolute atomic E-state index is 0.124. The van der Waals surface area contributed by atoms with Crippen LogP contribution in [0.15, 0.2) is 52.1 Å². The number of phenols is 1. The van der Waals surface area contributed by atoms with Crippen LogP contribution in [0.2, 0.25) is 0 Å². The number of ether oxygens (including phenoxy) is 1. The molecule has 146 valence electrons. The summed E-state index contributed by atoms with van der Waals surface area (Å²) in [5, 5.41) is 22.0. The first-order valence-electron chi connectivity index (χ1n) is 8.50. The number of anilines is 1. The van der Waals surface area contributed by atoms with Gasteiger partial charge in [-0.3, -0.25) is 4.79 Å². The molecule has 0 saturated heterocycles. The zero-order valence-electron chi connectivity index (χ0n) is 15.3. The fourth-order valence-electron chi connectivity index (χ4n) is 2.57. The number of hydrogen-bond acceptors (Lipinski definition) is 6. The molecule has 0 radical (unpaired) electrons. The molecule has 0 aliphatic rings. The van der Waals surface area contributed by atoms with Gasteiger partial charge in [0.15, 0.2) is 11.0 Å². The first kappa shape index (κ1) is 20.2. The van der Waals surface area contributed by atoms with Crippen molar-refractivity contribution in [3.05, 3.63) is 46.9 Å². The normalized spacial score (nSPS) is 10.7. The first-order chi connectivity index (χ1) is 13.5. The summed E-state index contributed by atoms with van der Waals surface area (Å²) in [6, 6.07) is 12.3. The molecule has 3 rings (SSSR count). The molecule has 28 heavy (non-hydrogen) atoms. The van der Waals surface area contributed by atoms with Crippen LogP contribution in [-0.2, 0) is 11.3 Å². The Labute approximate surface area is 175 Å². The monoisotopic (exact) mass is 462 g/mol. The van der Waals surface area contributed by atoms with Crippen molar-refractivity contribution < 1.29 is 14.6 Å². The number of thioether (sulfide) groups is 1. The molecular weight excluding hydrogens is 444 g/mol. The summed E-state index contributed by atoms with van der Waals surface area (Å²) in [5.41, 5.74) is 1.28. The number of carbonyl (C=O) groups is 1. The number of nitrogens with one attached hydrogen (secondary N) is 1. The fourth-order valence-corrected chi connectivity index (χ4v) is 3.73. The summed E-state index contributed by atoms with van der Waals surface area (Å²) in [5.74, 6) is 1.45. The van der Waals surface area contributed by atoms with Crippen LogP contribution in [-0.4, -0.2) is 38.6 Å². The van der Waals surface area contributed by atoms with Gasteiger partial charge in [-0.15, -0.1) is 10.2 Å². The number of benzene rings is 2. The molecule has 0 saturated carbocycles. The van der Waals surface area contributed by atoms with Gasteiger partial charge in [-0.2, -0.15) is 0 Å². The number of nitrogens with zero attached hydrogens (tertiary/aromatic N) is 3. The number of hydrogen-bond donors (Lipinski definition) is 2. The maximum Gasteiger partial charge on any atom is 0.234 e. The molecule has 1 amide bonds. The highest BCUT2D eigenvalue weighted by Gasteiger charge is 2.17. The molecule has 7 nitrogen and oxygen atoms in total. The Morgan fingerprint density at radius 3 is 2.68 bits per heavy atom. The molecule has 0 unspecified atom stereocenters. The molecule has 9 heteroatoms. The van der Waals surface area contributed by atoms with Gasteiger partial charge >= 0.3 is 0 Å². The predicted octanol–water partition coefficient (Wildman–Crippen LogP) is 4.17. The van der Waals surface area contributed by atoms with Gasteiger partial charge in [-0.1, -0.05) is 27.7 Å². The number of methoxy groups -OCH3 is 1. The van der Waals surface area contributed by atoms with Gasteiger partial charge in [-0.25, -0.2) is 0 Å². The Morgan fingerprint density at radius 2 is 2.00 bits per heavy atom. The number of phenolic OH excluding ortho intramolecular Hbond substituents is 1. The van der Waals surface area contributed by atoms with Gasteiger partial charge < -0.3 is 19.7 Å². The van der Waals surface area contributed by atoms with E-state index in [1.165, 1.54) is 11.8 Å². The lowest BCUT2D eigenvalue weighted by molar-refractivity contribution is -0.113. The van der Waals surface area contributed by atoms with Gasteiger partial charge in [0.05, 0.1) is 18.4 Å². The number of aromatic nitrogens is 3. The standard InChI is InChI=1S/C19H19BrN4O3S/c1-3-24-18(15-10-12(20)4-9-16(15)25)22-23-19(24)28-11-17(26)21-13-5-7-14(27-2)8-6-13/h4-10,25H,3,11H2,1-2H3,(H,21,26). The molecule has 0 aliphatic heterocycles. The second-order valence-electron chi connectivity index (χ2n) is 5.78. The molecule has 2 aromatic carbocycles. The van der Waals surface area contributed by atoms with Crippen molar-refractivity contribution in [2.24, 2.45) is 0 Å². The predicted molar refractivity (Wildman–Crippen MR) is 113 cm³/mol. The molecule has 0 bridgehead atoms. The van der Waals surface area contributed by atoms with E-state index in [4.69, 9.17) is 4.74 Å². The van der Waals surface area contributed by atoms with E-state index in [2.05, 4.69) is 31.4 Å². The topological polar surface area (TPSA) is 89.3 Å². The first-order valence-corrected chi connectivity index (χ1v) is 10.3. The third-order valence-electron chi connectivity index (χ3n) is 3.94. The van der Waals surface area contributed by atoms with Crippen LogP contribution in [0, 0.1) is 0 Å². The van der Waals surface area contributed by atoms with E-state index in [1.807, 2.05) is 11.5 Å². The van der Waals surface area contributed by atoms with Crippen molar-refractivity contribution in [1.82, 2.24) is 14.8 Å². The average molecular weight is 463 g/mol. The Hall–Kier alpha value is -2.52. The minimum Gasteiger partial charge on any atom is -0.507 e. The number of amides is 1. The van der Waals surface area contributed by atoms with Crippen LogP contribution in [0.5, 0.6) is 11.5 Å². The number of aromatic hydroxyl groups is 1. The molecule has 0 fully saturated rings. The van der Waals surface area contributed by atoms with Crippen molar-refractivity contribution in [3.63, 3.8) is 0 Å². The third-order valence-corrected chi connectivity index (χ3v) is 5.40. The second-order valence-corrected chi connectivity index (χ2v) is 7.64. The highest BCUT2D eigenvalue weighted by atomic mass is 79.9. The lowest BCUT2D eigenvalue weighted by Gasteiger charge is -2.09. The lowest BCUT2D eigenvalue weighted by Crippen LogP contribution is -2.14. The highest BCUT2D eigenvalue weighted by molar-refractivity contribution is 9.10. The molecule has 0 atom stereocenters. The van der Waals surface area contributed by atoms with Crippen molar-refractivity contribution in [1.29, 1.82) is 0 Å². The summed E-state index contributed by atoms with van der Waals surface area (Å²) in [4.78, 5) is 12.2. The van der Waals surface area contributed by atoms with Crippen molar-refractivity contribution in [3.8, 4) is 22.9 Å². The number of carbonyl (C=O) groups excluding carboxylic acids is 1. The fraction of sp³-hybridized carbons (Fsp3) is 0.211. The van der Waals surface area contributed by atoms with E-state index >= 15 is 0 Å². The molecule has 3 aromatic rings. The zero-order chi connectivity index (χ0) is 20.1. The van der Waals surface area contributed by atoms with Crippen LogP contribution < -0.4 is 10.1 Å². The maximum atomic E-state index is 12.2. The van der Waals surface area contributed by atoms with Crippen LogP contribution in [0.3, 0.4) is 0 Å².